The van der Waals surface area contributed by atoms with Gasteiger partial charge in [0, 0.05) is 6.54 Å². The first-order valence-corrected chi connectivity index (χ1v) is 11.8. The van der Waals surface area contributed by atoms with E-state index in [1.165, 1.54) is 11.3 Å². The molecule has 5 nitrogen and oxygen atoms in total. The summed E-state index contributed by atoms with van der Waals surface area (Å²) in [6.07, 6.45) is 0.866. The number of hydrogen-bond acceptors (Lipinski definition) is 4. The van der Waals surface area contributed by atoms with Gasteiger partial charge in [-0.2, -0.15) is 0 Å². The smallest absolute Gasteiger partial charge is 0.266 e. The number of benzene rings is 2. The van der Waals surface area contributed by atoms with Crippen LogP contribution >= 0.6 is 11.3 Å². The van der Waals surface area contributed by atoms with Crippen molar-refractivity contribution in [2.45, 2.75) is 33.2 Å². The number of carbonyl (C=O) groups is 1. The molecule has 1 unspecified atom stereocenters. The van der Waals surface area contributed by atoms with Gasteiger partial charge in [0.15, 0.2) is 0 Å². The average Bonchev–Trinajstić information content (AvgIpc) is 3.34. The lowest BCUT2D eigenvalue weighted by Crippen LogP contribution is -2.38. The molecule has 0 saturated carbocycles. The summed E-state index contributed by atoms with van der Waals surface area (Å²) in [4.78, 5) is 34.4. The van der Waals surface area contributed by atoms with Gasteiger partial charge in [0.05, 0.1) is 27.5 Å². The van der Waals surface area contributed by atoms with Crippen LogP contribution in [0.1, 0.15) is 48.7 Å². The lowest BCUT2D eigenvalue weighted by atomic mass is 10.1. The zero-order valence-corrected chi connectivity index (χ0v) is 19.4. The highest BCUT2D eigenvalue weighted by Crippen LogP contribution is 2.26. The van der Waals surface area contributed by atoms with Crippen LogP contribution in [0.4, 0.5) is 0 Å². The highest BCUT2D eigenvalue weighted by Gasteiger charge is 2.28. The van der Waals surface area contributed by atoms with Crippen LogP contribution < -0.4 is 5.56 Å². The van der Waals surface area contributed by atoms with Crippen molar-refractivity contribution < 1.29 is 4.79 Å². The first kappa shape index (κ1) is 22.0. The summed E-state index contributed by atoms with van der Waals surface area (Å²) >= 11 is 1.43. The second-order valence-electron chi connectivity index (χ2n) is 8.30. The van der Waals surface area contributed by atoms with E-state index >= 15 is 0 Å². The van der Waals surface area contributed by atoms with Gasteiger partial charge < -0.3 is 4.90 Å². The highest BCUT2D eigenvalue weighted by molar-refractivity contribution is 7.12. The second kappa shape index (κ2) is 9.49. The molecular weight excluding hydrogens is 418 g/mol. The van der Waals surface area contributed by atoms with Crippen LogP contribution in [-0.2, 0) is 0 Å². The van der Waals surface area contributed by atoms with E-state index in [-0.39, 0.29) is 17.5 Å². The van der Waals surface area contributed by atoms with Gasteiger partial charge in [0.2, 0.25) is 0 Å². The van der Waals surface area contributed by atoms with Crippen LogP contribution in [0.15, 0.2) is 76.9 Å². The highest BCUT2D eigenvalue weighted by atomic mass is 32.1. The van der Waals surface area contributed by atoms with Crippen LogP contribution in [0.3, 0.4) is 0 Å². The molecule has 4 rings (SSSR count). The minimum Gasteiger partial charge on any atom is -0.328 e. The molecule has 0 radical (unpaired) electrons. The first-order valence-electron chi connectivity index (χ1n) is 10.9. The number of fused-ring (bicyclic) bond motifs is 1. The topological polar surface area (TPSA) is 55.2 Å². The summed E-state index contributed by atoms with van der Waals surface area (Å²) in [5.74, 6) is 0.977. The Labute approximate surface area is 192 Å². The van der Waals surface area contributed by atoms with Gasteiger partial charge in [0.25, 0.3) is 11.5 Å². The predicted octanol–water partition coefficient (Wildman–Crippen LogP) is 5.70. The maximum Gasteiger partial charge on any atom is 0.266 e. The van der Waals surface area contributed by atoms with Gasteiger partial charge >= 0.3 is 0 Å². The lowest BCUT2D eigenvalue weighted by molar-refractivity contribution is 0.0676. The summed E-state index contributed by atoms with van der Waals surface area (Å²) in [5.41, 5.74) is 1.25. The molecule has 0 bridgehead atoms. The van der Waals surface area contributed by atoms with Crippen molar-refractivity contribution in [2.24, 2.45) is 5.92 Å². The number of para-hydroxylation sites is 2. The number of carbonyl (C=O) groups excluding carboxylic acids is 1. The van der Waals surface area contributed by atoms with E-state index in [1.807, 2.05) is 77.9 Å². The van der Waals surface area contributed by atoms with Gasteiger partial charge in [-0.3, -0.25) is 14.2 Å². The number of nitrogens with zero attached hydrogens (tertiary/aromatic N) is 3. The van der Waals surface area contributed by atoms with Crippen LogP contribution in [0.2, 0.25) is 0 Å². The Morgan fingerprint density at radius 3 is 2.41 bits per heavy atom. The molecule has 4 aromatic rings. The van der Waals surface area contributed by atoms with Crippen molar-refractivity contribution in [1.29, 1.82) is 0 Å². The van der Waals surface area contributed by atoms with Gasteiger partial charge in [-0.25, -0.2) is 4.98 Å². The first-order chi connectivity index (χ1) is 15.5. The molecule has 0 spiro atoms. The van der Waals surface area contributed by atoms with Crippen LogP contribution in [0, 0.1) is 5.92 Å². The Balaban J connectivity index is 1.89. The molecule has 0 aliphatic heterocycles. The summed E-state index contributed by atoms with van der Waals surface area (Å²) in [6.45, 7) is 6.84. The van der Waals surface area contributed by atoms with Gasteiger partial charge in [0.1, 0.15) is 5.82 Å². The largest absolute Gasteiger partial charge is 0.328 e. The van der Waals surface area contributed by atoms with Crippen molar-refractivity contribution in [3.63, 3.8) is 0 Å². The third kappa shape index (κ3) is 4.36. The van der Waals surface area contributed by atoms with E-state index in [1.54, 1.807) is 10.6 Å². The van der Waals surface area contributed by atoms with Crippen molar-refractivity contribution in [3.05, 3.63) is 93.2 Å². The molecule has 1 atom stereocenters. The molecule has 0 aliphatic carbocycles. The maximum atomic E-state index is 13.6. The van der Waals surface area contributed by atoms with Crippen molar-refractivity contribution in [2.75, 3.05) is 6.54 Å². The fraction of sp³-hybridized carbons (Fsp3) is 0.269. The van der Waals surface area contributed by atoms with Crippen LogP contribution in [-0.4, -0.2) is 26.9 Å². The van der Waals surface area contributed by atoms with Crippen LogP contribution in [0.25, 0.3) is 16.6 Å². The van der Waals surface area contributed by atoms with Crippen molar-refractivity contribution in [1.82, 2.24) is 14.5 Å². The fourth-order valence-electron chi connectivity index (χ4n) is 3.81. The monoisotopic (exact) mass is 445 g/mol. The zero-order valence-electron chi connectivity index (χ0n) is 18.6. The molecule has 0 fully saturated rings. The Hall–Kier alpha value is -3.25. The van der Waals surface area contributed by atoms with Crippen molar-refractivity contribution in [3.8, 4) is 5.69 Å². The molecule has 2 aromatic heterocycles. The second-order valence-corrected chi connectivity index (χ2v) is 9.25. The Bertz CT molecular complexity index is 1260. The van der Waals surface area contributed by atoms with Crippen molar-refractivity contribution >= 4 is 28.1 Å². The summed E-state index contributed by atoms with van der Waals surface area (Å²) in [7, 11) is 0. The van der Waals surface area contributed by atoms with E-state index < -0.39 is 0 Å². The molecular formula is C26H27N3O2S. The van der Waals surface area contributed by atoms with Gasteiger partial charge in [-0.15, -0.1) is 11.3 Å². The number of hydrogen-bond donors (Lipinski definition) is 0. The number of aromatic nitrogens is 2. The van der Waals surface area contributed by atoms with E-state index in [0.717, 1.165) is 12.1 Å². The molecule has 1 amide bonds. The molecule has 0 N–H and O–H groups in total. The number of thiophene rings is 1. The predicted molar refractivity (Wildman–Crippen MR) is 131 cm³/mol. The fourth-order valence-corrected chi connectivity index (χ4v) is 4.49. The third-order valence-electron chi connectivity index (χ3n) is 5.60. The SMILES string of the molecule is CC(C)CCN(C(=O)c1cccs1)C(C)c1nc2ccccc2c(=O)n1-c1ccccc1. The van der Waals surface area contributed by atoms with E-state index in [2.05, 4.69) is 13.8 Å². The van der Waals surface area contributed by atoms with E-state index in [9.17, 15) is 9.59 Å². The van der Waals surface area contributed by atoms with Crippen LogP contribution in [0.5, 0.6) is 0 Å². The molecule has 6 heteroatoms. The van der Waals surface area contributed by atoms with E-state index in [4.69, 9.17) is 4.98 Å². The Morgan fingerprint density at radius 2 is 1.72 bits per heavy atom. The van der Waals surface area contributed by atoms with Gasteiger partial charge in [-0.1, -0.05) is 50.2 Å². The summed E-state index contributed by atoms with van der Waals surface area (Å²) < 4.78 is 1.65. The third-order valence-corrected chi connectivity index (χ3v) is 6.46. The normalized spacial score (nSPS) is 12.2. The Kier molecular flexibility index (Phi) is 6.51. The molecule has 32 heavy (non-hydrogen) atoms. The molecule has 164 valence electrons. The molecule has 2 aromatic carbocycles. The molecule has 0 saturated heterocycles. The Morgan fingerprint density at radius 1 is 1.00 bits per heavy atom. The average molecular weight is 446 g/mol. The number of rotatable bonds is 7. The number of amides is 1. The standard InChI is InChI=1S/C26H27N3O2S/c1-18(2)15-16-28(26(31)23-14-9-17-32-23)19(3)24-27-22-13-8-7-12-21(22)25(30)29(24)20-10-5-4-6-11-20/h4-14,17-19H,15-16H2,1-3H3. The lowest BCUT2D eigenvalue weighted by Gasteiger charge is -2.31. The molecule has 2 heterocycles. The molecule has 0 aliphatic rings. The van der Waals surface area contributed by atoms with Gasteiger partial charge in [-0.05, 0) is 55.0 Å². The summed E-state index contributed by atoms with van der Waals surface area (Å²) in [5, 5.41) is 2.47. The minimum absolute atomic E-state index is 0.0323. The zero-order chi connectivity index (χ0) is 22.7. The minimum atomic E-state index is -0.388. The van der Waals surface area contributed by atoms with E-state index in [0.29, 0.717) is 34.1 Å². The maximum absolute atomic E-state index is 13.6. The summed E-state index contributed by atoms with van der Waals surface area (Å²) in [6, 6.07) is 20.2. The quantitative estimate of drug-likeness (QED) is 0.367.